The Labute approximate surface area is 148 Å². The van der Waals surface area contributed by atoms with Gasteiger partial charge in [-0.2, -0.15) is 0 Å². The van der Waals surface area contributed by atoms with Gasteiger partial charge in [0.15, 0.2) is 0 Å². The number of rotatable bonds is 6. The Balaban J connectivity index is 2.03. The lowest BCUT2D eigenvalue weighted by molar-refractivity contribution is -0.132. The largest absolute Gasteiger partial charge is 0.496 e. The fourth-order valence-corrected chi connectivity index (χ4v) is 2.72. The quantitative estimate of drug-likeness (QED) is 0.789. The molecule has 1 fully saturated rings. The van der Waals surface area contributed by atoms with Crippen molar-refractivity contribution >= 4 is 12.0 Å². The van der Waals surface area contributed by atoms with Crippen LogP contribution in [-0.4, -0.2) is 66.4 Å². The number of amides is 2. The number of β-amino-alcohol motifs (C(OH)–C–C–N with tert-alkyl or cyclic N) is 1. The van der Waals surface area contributed by atoms with Crippen molar-refractivity contribution in [3.05, 3.63) is 29.8 Å². The average Bonchev–Trinajstić information content (AvgIpc) is 2.74. The van der Waals surface area contributed by atoms with E-state index in [1.165, 1.54) is 4.90 Å². The molecule has 2 rings (SSSR count). The molecule has 1 heterocycles. The van der Waals surface area contributed by atoms with E-state index in [0.717, 1.165) is 18.4 Å². The number of aliphatic hydroxyl groups is 1. The number of methoxy groups -OCH3 is 1. The summed E-state index contributed by atoms with van der Waals surface area (Å²) in [6, 6.07) is 7.43. The van der Waals surface area contributed by atoms with E-state index < -0.39 is 12.2 Å². The van der Waals surface area contributed by atoms with Crippen molar-refractivity contribution < 1.29 is 24.2 Å². The van der Waals surface area contributed by atoms with Gasteiger partial charge >= 0.3 is 6.09 Å². The molecule has 1 aromatic rings. The lowest BCUT2D eigenvalue weighted by Crippen LogP contribution is -2.39. The molecule has 138 valence electrons. The van der Waals surface area contributed by atoms with Crippen molar-refractivity contribution in [3.8, 4) is 5.75 Å². The predicted octanol–water partition coefficient (Wildman–Crippen LogP) is 1.64. The van der Waals surface area contributed by atoms with E-state index in [9.17, 15) is 14.7 Å². The summed E-state index contributed by atoms with van der Waals surface area (Å²) in [6.07, 6.45) is 0.317. The van der Waals surface area contributed by atoms with Gasteiger partial charge in [-0.1, -0.05) is 31.5 Å². The number of nitrogens with zero attached hydrogens (tertiary/aromatic N) is 2. The van der Waals surface area contributed by atoms with Crippen molar-refractivity contribution in [1.29, 1.82) is 0 Å². The zero-order chi connectivity index (χ0) is 18.2. The zero-order valence-corrected chi connectivity index (χ0v) is 14.8. The van der Waals surface area contributed by atoms with Crippen molar-refractivity contribution in [1.82, 2.24) is 9.80 Å². The van der Waals surface area contributed by atoms with Crippen LogP contribution in [-0.2, 0) is 16.1 Å². The second-order valence-electron chi connectivity index (χ2n) is 6.09. The van der Waals surface area contributed by atoms with Crippen molar-refractivity contribution in [3.63, 3.8) is 0 Å². The third-order valence-electron chi connectivity index (χ3n) is 4.08. The Morgan fingerprint density at radius 3 is 2.80 bits per heavy atom. The van der Waals surface area contributed by atoms with E-state index >= 15 is 0 Å². The van der Waals surface area contributed by atoms with Crippen LogP contribution in [0.25, 0.3) is 0 Å². The summed E-state index contributed by atoms with van der Waals surface area (Å²) in [5.74, 6) is 0.458. The molecule has 1 N–H and O–H groups in total. The molecule has 1 atom stereocenters. The van der Waals surface area contributed by atoms with Crippen LogP contribution >= 0.6 is 0 Å². The number of benzene rings is 1. The highest BCUT2D eigenvalue weighted by molar-refractivity contribution is 5.83. The van der Waals surface area contributed by atoms with Crippen LogP contribution in [0.5, 0.6) is 5.75 Å². The number of carbonyl (C=O) groups excluding carboxylic acids is 2. The maximum atomic E-state index is 12.5. The maximum Gasteiger partial charge on any atom is 0.410 e. The molecule has 1 unspecified atom stereocenters. The highest BCUT2D eigenvalue weighted by Gasteiger charge is 2.30. The fraction of sp³-hybridized carbons (Fsp3) is 0.556. The average molecular weight is 350 g/mol. The zero-order valence-electron chi connectivity index (χ0n) is 14.8. The van der Waals surface area contributed by atoms with Gasteiger partial charge in [-0.25, -0.2) is 4.79 Å². The number of aliphatic hydroxyl groups excluding tert-OH is 1. The van der Waals surface area contributed by atoms with Gasteiger partial charge in [-0.05, 0) is 12.5 Å². The summed E-state index contributed by atoms with van der Waals surface area (Å²) < 4.78 is 10.5. The van der Waals surface area contributed by atoms with Crippen LogP contribution in [0.15, 0.2) is 24.3 Å². The lowest BCUT2D eigenvalue weighted by atomic mass is 10.2. The minimum atomic E-state index is -0.820. The molecule has 1 saturated heterocycles. The molecule has 0 spiro atoms. The highest BCUT2D eigenvalue weighted by atomic mass is 16.6. The maximum absolute atomic E-state index is 12.5. The van der Waals surface area contributed by atoms with Gasteiger partial charge in [0, 0.05) is 18.7 Å². The second kappa shape index (κ2) is 9.27. The van der Waals surface area contributed by atoms with Crippen LogP contribution in [0.2, 0.25) is 0 Å². The van der Waals surface area contributed by atoms with E-state index in [0.29, 0.717) is 18.9 Å². The molecule has 7 nitrogen and oxygen atoms in total. The normalized spacial score (nSPS) is 18.0. The van der Waals surface area contributed by atoms with Gasteiger partial charge in [-0.15, -0.1) is 0 Å². The molecule has 0 saturated carbocycles. The van der Waals surface area contributed by atoms with Crippen LogP contribution in [0.1, 0.15) is 25.3 Å². The van der Waals surface area contributed by atoms with Gasteiger partial charge in [0.25, 0.3) is 0 Å². The lowest BCUT2D eigenvalue weighted by Gasteiger charge is -2.22. The van der Waals surface area contributed by atoms with Gasteiger partial charge in [0.1, 0.15) is 12.3 Å². The summed E-state index contributed by atoms with van der Waals surface area (Å²) in [4.78, 5) is 27.4. The Hall–Kier alpha value is -2.28. The molecule has 7 heteroatoms. The molecule has 25 heavy (non-hydrogen) atoms. The Kier molecular flexibility index (Phi) is 7.06. The molecule has 2 amide bonds. The summed E-state index contributed by atoms with van der Waals surface area (Å²) in [7, 11) is 1.58. The van der Waals surface area contributed by atoms with E-state index in [1.54, 1.807) is 12.0 Å². The first kappa shape index (κ1) is 19.1. The fourth-order valence-electron chi connectivity index (χ4n) is 2.72. The number of unbranched alkanes of at least 4 members (excludes halogenated alkanes) is 1. The smallest absolute Gasteiger partial charge is 0.410 e. The third-order valence-corrected chi connectivity index (χ3v) is 4.08. The number of ether oxygens (including phenoxy) is 2. The minimum absolute atomic E-state index is 0.0825. The molecular formula is C18H26N2O5. The number of carbonyl (C=O) groups is 2. The monoisotopic (exact) mass is 350 g/mol. The third kappa shape index (κ3) is 5.35. The second-order valence-corrected chi connectivity index (χ2v) is 6.09. The molecule has 0 aromatic heterocycles. The Bertz CT molecular complexity index is 593. The van der Waals surface area contributed by atoms with Crippen LogP contribution in [0, 0.1) is 0 Å². The van der Waals surface area contributed by atoms with E-state index in [-0.39, 0.29) is 25.5 Å². The number of para-hydroxylation sites is 1. The van der Waals surface area contributed by atoms with Gasteiger partial charge < -0.3 is 19.5 Å². The summed E-state index contributed by atoms with van der Waals surface area (Å²) in [5, 5.41) is 10.2. The summed E-state index contributed by atoms with van der Waals surface area (Å²) >= 11 is 0. The molecule has 1 aromatic carbocycles. The van der Waals surface area contributed by atoms with E-state index in [4.69, 9.17) is 9.47 Å². The molecule has 1 aliphatic rings. The SMILES string of the molecule is CCCCOC(=O)N1CC(=O)N(Cc2ccccc2OC)CC(O)C1. The van der Waals surface area contributed by atoms with Gasteiger partial charge in [0.2, 0.25) is 5.91 Å². The standard InChI is InChI=1S/C18H26N2O5/c1-3-4-9-25-18(23)20-12-15(21)11-19(17(22)13-20)10-14-7-5-6-8-16(14)24-2/h5-8,15,21H,3-4,9-13H2,1-2H3. The van der Waals surface area contributed by atoms with Gasteiger partial charge in [-0.3, -0.25) is 9.69 Å². The summed E-state index contributed by atoms with van der Waals surface area (Å²) in [6.45, 7) is 2.79. The van der Waals surface area contributed by atoms with Crippen molar-refractivity contribution in [2.24, 2.45) is 0 Å². The topological polar surface area (TPSA) is 79.3 Å². The molecule has 0 radical (unpaired) electrons. The van der Waals surface area contributed by atoms with Crippen LogP contribution in [0.3, 0.4) is 0 Å². The Morgan fingerprint density at radius 1 is 1.32 bits per heavy atom. The van der Waals surface area contributed by atoms with Gasteiger partial charge in [0.05, 0.1) is 26.4 Å². The predicted molar refractivity (Wildman–Crippen MR) is 92.2 cm³/mol. The summed E-state index contributed by atoms with van der Waals surface area (Å²) in [5.41, 5.74) is 0.851. The number of hydrogen-bond acceptors (Lipinski definition) is 5. The van der Waals surface area contributed by atoms with Crippen LogP contribution in [0.4, 0.5) is 4.79 Å². The Morgan fingerprint density at radius 2 is 2.08 bits per heavy atom. The first-order chi connectivity index (χ1) is 12.0. The molecule has 0 aliphatic carbocycles. The first-order valence-electron chi connectivity index (χ1n) is 8.54. The van der Waals surface area contributed by atoms with E-state index in [1.807, 2.05) is 31.2 Å². The molecular weight excluding hydrogens is 324 g/mol. The van der Waals surface area contributed by atoms with Crippen LogP contribution < -0.4 is 4.74 Å². The first-order valence-corrected chi connectivity index (χ1v) is 8.54. The number of hydrogen-bond donors (Lipinski definition) is 1. The minimum Gasteiger partial charge on any atom is -0.496 e. The molecule has 1 aliphatic heterocycles. The van der Waals surface area contributed by atoms with Crippen molar-refractivity contribution in [2.75, 3.05) is 33.4 Å². The highest BCUT2D eigenvalue weighted by Crippen LogP contribution is 2.20. The van der Waals surface area contributed by atoms with E-state index in [2.05, 4.69) is 0 Å². The van der Waals surface area contributed by atoms with Crippen molar-refractivity contribution in [2.45, 2.75) is 32.4 Å². The molecule has 0 bridgehead atoms.